The average molecular weight is 358 g/mol. The summed E-state index contributed by atoms with van der Waals surface area (Å²) in [5, 5.41) is 3.02. The molecule has 0 saturated heterocycles. The van der Waals surface area contributed by atoms with Crippen molar-refractivity contribution >= 4 is 28.4 Å². The highest BCUT2D eigenvalue weighted by Crippen LogP contribution is 2.23. The molecular weight excluding hydrogens is 343 g/mol. The molecule has 0 unspecified atom stereocenters. The first kappa shape index (κ1) is 17.0. The van der Waals surface area contributed by atoms with Crippen molar-refractivity contribution < 1.29 is 14.0 Å². The number of Topliss-reactive ketones (excluding diaryl/α,β-unsaturated/α-hetero) is 1. The van der Waals surface area contributed by atoms with Gasteiger partial charge < -0.3 is 4.57 Å². The summed E-state index contributed by atoms with van der Waals surface area (Å²) in [6, 6.07) is 9.55. The molecule has 8 heteroatoms. The van der Waals surface area contributed by atoms with Crippen molar-refractivity contribution in [3.8, 4) is 11.3 Å². The van der Waals surface area contributed by atoms with Gasteiger partial charge in [-0.25, -0.2) is 9.37 Å². The lowest BCUT2D eigenvalue weighted by Crippen LogP contribution is -2.16. The molecular formula is C17H15FN4O2S. The van der Waals surface area contributed by atoms with Crippen LogP contribution in [-0.4, -0.2) is 25.6 Å². The lowest BCUT2D eigenvalue weighted by molar-refractivity contribution is -0.116. The number of carbonyl (C=O) groups excluding carboxylic acids is 2. The van der Waals surface area contributed by atoms with Gasteiger partial charge in [-0.05, 0) is 48.9 Å². The van der Waals surface area contributed by atoms with Gasteiger partial charge >= 0.3 is 0 Å². The van der Waals surface area contributed by atoms with Gasteiger partial charge in [-0.1, -0.05) is 0 Å². The van der Waals surface area contributed by atoms with E-state index in [1.165, 1.54) is 19.1 Å². The minimum Gasteiger partial charge on any atom is -0.340 e. The van der Waals surface area contributed by atoms with Crippen molar-refractivity contribution in [1.82, 2.24) is 13.9 Å². The van der Waals surface area contributed by atoms with Crippen LogP contribution in [0.5, 0.6) is 0 Å². The predicted octanol–water partition coefficient (Wildman–Crippen LogP) is 3.07. The van der Waals surface area contributed by atoms with Crippen molar-refractivity contribution in [1.29, 1.82) is 0 Å². The topological polar surface area (TPSA) is 76.9 Å². The first-order chi connectivity index (χ1) is 11.9. The standard InChI is InChI=1S/C17H15FN4O2S/c1-10(23)9-15-19-17(25-21-15)20-16(24)14-8-7-13(22(14)2)11-3-5-12(18)6-4-11/h3-8H,9H2,1-2H3,(H,19,20,21,24). The van der Waals surface area contributed by atoms with E-state index in [0.717, 1.165) is 22.8 Å². The Labute approximate surface area is 147 Å². The number of hydrogen-bond donors (Lipinski definition) is 1. The van der Waals surface area contributed by atoms with Crippen LogP contribution in [0.15, 0.2) is 36.4 Å². The summed E-state index contributed by atoms with van der Waals surface area (Å²) in [6.45, 7) is 1.46. The number of benzene rings is 1. The van der Waals surface area contributed by atoms with Gasteiger partial charge in [0.05, 0.1) is 6.42 Å². The van der Waals surface area contributed by atoms with Crippen LogP contribution in [0, 0.1) is 5.82 Å². The molecule has 2 aromatic heterocycles. The van der Waals surface area contributed by atoms with E-state index in [-0.39, 0.29) is 23.9 Å². The van der Waals surface area contributed by atoms with Crippen LogP contribution in [0.25, 0.3) is 11.3 Å². The van der Waals surface area contributed by atoms with Crippen molar-refractivity contribution in [3.05, 3.63) is 53.7 Å². The number of halogens is 1. The Balaban J connectivity index is 1.78. The summed E-state index contributed by atoms with van der Waals surface area (Å²) in [4.78, 5) is 27.6. The molecule has 0 saturated carbocycles. The number of aromatic nitrogens is 3. The van der Waals surface area contributed by atoms with E-state index in [9.17, 15) is 14.0 Å². The van der Waals surface area contributed by atoms with Gasteiger partial charge in [-0.15, -0.1) is 0 Å². The minimum atomic E-state index is -0.332. The Bertz CT molecular complexity index is 931. The van der Waals surface area contributed by atoms with E-state index >= 15 is 0 Å². The smallest absolute Gasteiger partial charge is 0.274 e. The molecule has 25 heavy (non-hydrogen) atoms. The molecule has 1 aromatic carbocycles. The van der Waals surface area contributed by atoms with Gasteiger partial charge in [0.2, 0.25) is 5.13 Å². The minimum absolute atomic E-state index is 0.0398. The summed E-state index contributed by atoms with van der Waals surface area (Å²) in [5.41, 5.74) is 2.03. The number of amides is 1. The van der Waals surface area contributed by atoms with E-state index in [2.05, 4.69) is 14.7 Å². The molecule has 0 spiro atoms. The third-order valence-corrected chi connectivity index (χ3v) is 4.26. The zero-order valence-corrected chi connectivity index (χ0v) is 14.4. The fourth-order valence-electron chi connectivity index (χ4n) is 2.41. The van der Waals surface area contributed by atoms with E-state index in [0.29, 0.717) is 16.6 Å². The first-order valence-corrected chi connectivity index (χ1v) is 8.26. The molecule has 0 aliphatic carbocycles. The SMILES string of the molecule is CC(=O)Cc1nsc(NC(=O)c2ccc(-c3ccc(F)cc3)n2C)n1. The Morgan fingerprint density at radius 2 is 1.92 bits per heavy atom. The van der Waals surface area contributed by atoms with Crippen molar-refractivity contribution in [2.24, 2.45) is 7.05 Å². The highest BCUT2D eigenvalue weighted by atomic mass is 32.1. The fraction of sp³-hybridized carbons (Fsp3) is 0.176. The number of rotatable bonds is 5. The zero-order chi connectivity index (χ0) is 18.0. The summed E-state index contributed by atoms with van der Waals surface area (Å²) in [6.07, 6.45) is 0.144. The second-order valence-corrected chi connectivity index (χ2v) is 6.27. The van der Waals surface area contributed by atoms with Gasteiger partial charge in [-0.3, -0.25) is 14.9 Å². The Morgan fingerprint density at radius 3 is 2.60 bits per heavy atom. The van der Waals surface area contributed by atoms with Crippen LogP contribution in [0.3, 0.4) is 0 Å². The summed E-state index contributed by atoms with van der Waals surface area (Å²) >= 11 is 1.03. The van der Waals surface area contributed by atoms with Gasteiger partial charge in [0.25, 0.3) is 5.91 Å². The van der Waals surface area contributed by atoms with Crippen LogP contribution in [-0.2, 0) is 18.3 Å². The molecule has 1 amide bonds. The largest absolute Gasteiger partial charge is 0.340 e. The van der Waals surface area contributed by atoms with Crippen LogP contribution < -0.4 is 5.32 Å². The molecule has 0 aliphatic rings. The Kier molecular flexibility index (Phi) is 4.71. The van der Waals surface area contributed by atoms with E-state index in [4.69, 9.17) is 0 Å². The number of carbonyl (C=O) groups is 2. The maximum atomic E-state index is 13.1. The molecule has 1 N–H and O–H groups in total. The van der Waals surface area contributed by atoms with Crippen LogP contribution in [0.1, 0.15) is 23.2 Å². The third kappa shape index (κ3) is 3.80. The van der Waals surface area contributed by atoms with E-state index in [1.807, 2.05) is 0 Å². The van der Waals surface area contributed by atoms with Gasteiger partial charge in [0.15, 0.2) is 5.82 Å². The van der Waals surface area contributed by atoms with Crippen LogP contribution in [0.4, 0.5) is 9.52 Å². The van der Waals surface area contributed by atoms with E-state index < -0.39 is 0 Å². The molecule has 6 nitrogen and oxygen atoms in total. The van der Waals surface area contributed by atoms with Crippen molar-refractivity contribution in [3.63, 3.8) is 0 Å². The molecule has 0 aliphatic heterocycles. The normalized spacial score (nSPS) is 10.7. The quantitative estimate of drug-likeness (QED) is 0.760. The van der Waals surface area contributed by atoms with Gasteiger partial charge in [-0.2, -0.15) is 4.37 Å². The second kappa shape index (κ2) is 6.94. The number of ketones is 1. The van der Waals surface area contributed by atoms with Crippen LogP contribution in [0.2, 0.25) is 0 Å². The van der Waals surface area contributed by atoms with Crippen molar-refractivity contribution in [2.45, 2.75) is 13.3 Å². The first-order valence-electron chi connectivity index (χ1n) is 7.49. The average Bonchev–Trinajstić information content (AvgIpc) is 3.14. The summed E-state index contributed by atoms with van der Waals surface area (Å²) in [5.74, 6) is -0.288. The molecule has 128 valence electrons. The van der Waals surface area contributed by atoms with Crippen LogP contribution >= 0.6 is 11.5 Å². The highest BCUT2D eigenvalue weighted by molar-refractivity contribution is 7.09. The molecule has 3 rings (SSSR count). The van der Waals surface area contributed by atoms with Gasteiger partial charge in [0, 0.05) is 24.3 Å². The lowest BCUT2D eigenvalue weighted by Gasteiger charge is -2.07. The molecule has 2 heterocycles. The zero-order valence-electron chi connectivity index (χ0n) is 13.6. The fourth-order valence-corrected chi connectivity index (χ4v) is 2.99. The summed E-state index contributed by atoms with van der Waals surface area (Å²) < 4.78 is 18.8. The maximum absolute atomic E-state index is 13.1. The number of nitrogens with one attached hydrogen (secondary N) is 1. The molecule has 0 atom stereocenters. The monoisotopic (exact) mass is 358 g/mol. The maximum Gasteiger partial charge on any atom is 0.274 e. The molecule has 3 aromatic rings. The molecule has 0 radical (unpaired) electrons. The van der Waals surface area contributed by atoms with E-state index in [1.54, 1.807) is 35.9 Å². The highest BCUT2D eigenvalue weighted by Gasteiger charge is 2.16. The predicted molar refractivity (Wildman–Crippen MR) is 93.1 cm³/mol. The Morgan fingerprint density at radius 1 is 1.20 bits per heavy atom. The molecule has 0 bridgehead atoms. The Hall–Kier alpha value is -2.87. The third-order valence-electron chi connectivity index (χ3n) is 3.59. The number of anilines is 1. The number of hydrogen-bond acceptors (Lipinski definition) is 5. The summed E-state index contributed by atoms with van der Waals surface area (Å²) in [7, 11) is 1.76. The van der Waals surface area contributed by atoms with Gasteiger partial charge in [0.1, 0.15) is 17.3 Å². The number of nitrogens with zero attached hydrogens (tertiary/aromatic N) is 3. The van der Waals surface area contributed by atoms with Crippen molar-refractivity contribution in [2.75, 3.05) is 5.32 Å². The molecule has 0 fully saturated rings. The second-order valence-electron chi connectivity index (χ2n) is 5.52. The lowest BCUT2D eigenvalue weighted by atomic mass is 10.1.